The molecule has 5 heteroatoms. The smallest absolute Gasteiger partial charge is 0.550 e. The predicted octanol–water partition coefficient (Wildman–Crippen LogP) is 0.487. The van der Waals surface area contributed by atoms with Crippen molar-refractivity contribution in [2.24, 2.45) is 5.41 Å². The van der Waals surface area contributed by atoms with E-state index in [9.17, 15) is 9.90 Å². The minimum atomic E-state index is -1.08. The van der Waals surface area contributed by atoms with Crippen LogP contribution in [-0.2, 0) is 29.1 Å². The van der Waals surface area contributed by atoms with Gasteiger partial charge in [0, 0.05) is 11.9 Å². The number of carbonyl (C=O) groups excluding carboxylic acids is 2. The number of carboxylic acid groups (broad SMARTS) is 2. The van der Waals surface area contributed by atoms with Crippen LogP contribution in [0.15, 0.2) is 0 Å². The van der Waals surface area contributed by atoms with Crippen LogP contribution in [0.4, 0.5) is 0 Å². The zero-order valence-electron chi connectivity index (χ0n) is 11.4. The van der Waals surface area contributed by atoms with E-state index in [0.717, 1.165) is 26.2 Å². The van der Waals surface area contributed by atoms with Crippen molar-refractivity contribution in [1.82, 2.24) is 0 Å². The van der Waals surface area contributed by atoms with Crippen LogP contribution in [0.2, 0.25) is 0 Å². The van der Waals surface area contributed by atoms with E-state index in [-0.39, 0.29) is 25.9 Å². The molecule has 0 heterocycles. The second-order valence-corrected chi connectivity index (χ2v) is 4.98. The van der Waals surface area contributed by atoms with Crippen LogP contribution in [0.5, 0.6) is 0 Å². The zero-order valence-corrected chi connectivity index (χ0v) is 14.3. The summed E-state index contributed by atoms with van der Waals surface area (Å²) in [5, 5.41) is 18.9. The van der Waals surface area contributed by atoms with Crippen molar-refractivity contribution in [3.8, 4) is 0 Å². The third-order valence-corrected chi connectivity index (χ3v) is 1.81. The van der Waals surface area contributed by atoms with Crippen LogP contribution in [0.1, 0.15) is 59.8 Å². The number of rotatable bonds is 5. The average molecular weight is 296 g/mol. The largest absolute Gasteiger partial charge is 2.00 e. The first-order valence-corrected chi connectivity index (χ1v) is 5.52. The van der Waals surface area contributed by atoms with Gasteiger partial charge in [-0.25, -0.2) is 0 Å². The van der Waals surface area contributed by atoms with Crippen molar-refractivity contribution in [2.75, 3.05) is 0 Å². The fourth-order valence-corrected chi connectivity index (χ4v) is 1.10. The molecule has 0 radical (unpaired) electrons. The van der Waals surface area contributed by atoms with Crippen molar-refractivity contribution in [2.45, 2.75) is 59.8 Å². The fraction of sp³-hybridized carbons (Fsp3) is 0.833. The quantitative estimate of drug-likeness (QED) is 0.546. The second-order valence-electron chi connectivity index (χ2n) is 4.98. The standard InChI is InChI=1S/C10H20O2.C2H4O2.Zn/c1-10(2,3)8-6-4-5-7-9(11)12;1-2(3)4;/h4-8H2,1-3H3,(H,11,12);1H3,(H,3,4);/q;;+2/p-2. The Hall–Kier alpha value is -0.437. The summed E-state index contributed by atoms with van der Waals surface area (Å²) in [6.07, 6.45) is 4.27. The number of carboxylic acids is 2. The molecule has 0 saturated carbocycles. The van der Waals surface area contributed by atoms with E-state index in [1.807, 2.05) is 0 Å². The molecule has 0 atom stereocenters. The maximum absolute atomic E-state index is 10.0. The SMILES string of the molecule is CC(=O)[O-].CC(C)(C)CCCCCC(=O)[O-].[Zn+2]. The molecule has 0 spiro atoms. The average Bonchev–Trinajstić information content (AvgIpc) is 1.99. The molecule has 0 aromatic heterocycles. The van der Waals surface area contributed by atoms with Crippen LogP contribution in [0.25, 0.3) is 0 Å². The summed E-state index contributed by atoms with van der Waals surface area (Å²) in [4.78, 5) is 18.9. The molecule has 0 unspecified atom stereocenters. The molecular formula is C12H22O4Zn. The Labute approximate surface area is 117 Å². The molecular weight excluding hydrogens is 274 g/mol. The van der Waals surface area contributed by atoms with Crippen LogP contribution >= 0.6 is 0 Å². The minimum Gasteiger partial charge on any atom is -0.550 e. The molecule has 0 amide bonds. The molecule has 0 bridgehead atoms. The Morgan fingerprint density at radius 2 is 1.41 bits per heavy atom. The molecule has 0 fully saturated rings. The van der Waals surface area contributed by atoms with Gasteiger partial charge in [-0.15, -0.1) is 0 Å². The Morgan fingerprint density at radius 1 is 1.00 bits per heavy atom. The van der Waals surface area contributed by atoms with E-state index in [2.05, 4.69) is 20.8 Å². The first kappa shape index (κ1) is 21.8. The van der Waals surface area contributed by atoms with Crippen LogP contribution < -0.4 is 10.2 Å². The second kappa shape index (κ2) is 12.0. The first-order chi connectivity index (χ1) is 7.15. The summed E-state index contributed by atoms with van der Waals surface area (Å²) in [5.74, 6) is -2.01. The van der Waals surface area contributed by atoms with Gasteiger partial charge >= 0.3 is 19.5 Å². The van der Waals surface area contributed by atoms with Gasteiger partial charge in [0.1, 0.15) is 0 Å². The van der Waals surface area contributed by atoms with Gasteiger partial charge in [0.25, 0.3) is 0 Å². The van der Waals surface area contributed by atoms with Crippen molar-refractivity contribution in [1.29, 1.82) is 0 Å². The van der Waals surface area contributed by atoms with E-state index in [1.165, 1.54) is 6.42 Å². The van der Waals surface area contributed by atoms with Crippen LogP contribution in [0, 0.1) is 5.41 Å². The summed E-state index contributed by atoms with van der Waals surface area (Å²) in [6.45, 7) is 7.57. The summed E-state index contributed by atoms with van der Waals surface area (Å²) in [6, 6.07) is 0. The van der Waals surface area contributed by atoms with E-state index in [0.29, 0.717) is 5.41 Å². The van der Waals surface area contributed by atoms with Crippen LogP contribution in [0.3, 0.4) is 0 Å². The van der Waals surface area contributed by atoms with Gasteiger partial charge in [0.15, 0.2) is 0 Å². The van der Waals surface area contributed by atoms with Gasteiger partial charge in [0.05, 0.1) is 0 Å². The summed E-state index contributed by atoms with van der Waals surface area (Å²) in [5.41, 5.74) is 0.376. The van der Waals surface area contributed by atoms with E-state index in [1.54, 1.807) is 0 Å². The van der Waals surface area contributed by atoms with Crippen molar-refractivity contribution >= 4 is 11.9 Å². The third kappa shape index (κ3) is 39.0. The van der Waals surface area contributed by atoms with Gasteiger partial charge in [-0.1, -0.05) is 33.6 Å². The molecule has 0 rings (SSSR count). The number of aliphatic carboxylic acids is 2. The molecule has 0 aromatic rings. The van der Waals surface area contributed by atoms with E-state index >= 15 is 0 Å². The zero-order chi connectivity index (χ0) is 13.2. The molecule has 0 saturated heterocycles. The van der Waals surface area contributed by atoms with Crippen molar-refractivity contribution in [3.63, 3.8) is 0 Å². The number of hydrogen-bond acceptors (Lipinski definition) is 4. The van der Waals surface area contributed by atoms with Crippen LogP contribution in [-0.4, -0.2) is 11.9 Å². The minimum absolute atomic E-state index is 0. The van der Waals surface area contributed by atoms with Gasteiger partial charge in [-0.3, -0.25) is 0 Å². The monoisotopic (exact) mass is 294 g/mol. The molecule has 0 N–H and O–H groups in total. The molecule has 4 nitrogen and oxygen atoms in total. The molecule has 0 aliphatic heterocycles. The number of hydrogen-bond donors (Lipinski definition) is 0. The first-order valence-electron chi connectivity index (χ1n) is 5.52. The Kier molecular flexibility index (Phi) is 15.4. The molecule has 0 aromatic carbocycles. The summed E-state index contributed by atoms with van der Waals surface area (Å²) < 4.78 is 0. The van der Waals surface area contributed by atoms with Crippen molar-refractivity contribution < 1.29 is 39.3 Å². The van der Waals surface area contributed by atoms with Gasteiger partial charge in [-0.05, 0) is 31.6 Å². The third-order valence-electron chi connectivity index (χ3n) is 1.81. The van der Waals surface area contributed by atoms with E-state index in [4.69, 9.17) is 9.90 Å². The molecule has 17 heavy (non-hydrogen) atoms. The van der Waals surface area contributed by atoms with Gasteiger partial charge in [-0.2, -0.15) is 0 Å². The molecule has 96 valence electrons. The van der Waals surface area contributed by atoms with Crippen molar-refractivity contribution in [3.05, 3.63) is 0 Å². The maximum atomic E-state index is 10.0. The Balaban J connectivity index is -0.000000340. The summed E-state index contributed by atoms with van der Waals surface area (Å²) >= 11 is 0. The topological polar surface area (TPSA) is 80.3 Å². The van der Waals surface area contributed by atoms with E-state index < -0.39 is 11.9 Å². The fourth-order valence-electron chi connectivity index (χ4n) is 1.10. The van der Waals surface area contributed by atoms with Gasteiger partial charge in [0.2, 0.25) is 0 Å². The normalized spacial score (nSPS) is 9.65. The van der Waals surface area contributed by atoms with Gasteiger partial charge < -0.3 is 19.8 Å². The number of unbranched alkanes of at least 4 members (excludes halogenated alkanes) is 2. The molecule has 0 aliphatic carbocycles. The summed E-state index contributed by atoms with van der Waals surface area (Å²) in [7, 11) is 0. The maximum Gasteiger partial charge on any atom is 2.00 e. The molecule has 0 aliphatic rings. The predicted molar refractivity (Wildman–Crippen MR) is 58.2 cm³/mol. The Morgan fingerprint density at radius 3 is 1.71 bits per heavy atom. The number of carbonyl (C=O) groups is 2. The Bertz CT molecular complexity index is 205.